The van der Waals surface area contributed by atoms with Crippen LogP contribution in [-0.2, 0) is 11.8 Å². The molecule has 1 N–H and O–H groups in total. The normalized spacial score (nSPS) is 11.0. The molecule has 0 amide bonds. The maximum Gasteiger partial charge on any atom is 0.127 e. The average Bonchev–Trinajstić information content (AvgIpc) is 2.65. The molecule has 3 heteroatoms. The van der Waals surface area contributed by atoms with Crippen molar-refractivity contribution < 1.29 is 5.11 Å². The zero-order valence-corrected chi connectivity index (χ0v) is 10.3. The van der Waals surface area contributed by atoms with E-state index in [-0.39, 0.29) is 0 Å². The summed E-state index contributed by atoms with van der Waals surface area (Å²) < 4.78 is 1.16. The number of halogens is 1. The molecule has 0 bridgehead atoms. The lowest BCUT2D eigenvalue weighted by Crippen LogP contribution is -1.90. The zero-order valence-electron chi connectivity index (χ0n) is 7.88. The first-order chi connectivity index (χ1) is 6.77. The Morgan fingerprint density at radius 3 is 2.93 bits per heavy atom. The second-order valence-corrected chi connectivity index (χ2v) is 4.69. The Bertz CT molecular complexity index is 462. The Hall–Kier alpha value is -0.540. The lowest BCUT2D eigenvalue weighted by Gasteiger charge is -2.08. The number of aromatic hydroxyl groups is 1. The quantitative estimate of drug-likeness (QED) is 0.816. The van der Waals surface area contributed by atoms with Crippen LogP contribution in [0, 0.1) is 0 Å². The number of phenolic OH excluding ortho intramolecular Hbond substituents is 1. The summed E-state index contributed by atoms with van der Waals surface area (Å²) in [7, 11) is 0. The largest absolute Gasteiger partial charge is 0.507 e. The Labute approximate surface area is 95.5 Å². The predicted molar refractivity (Wildman–Crippen MR) is 65.5 cm³/mol. The molecule has 14 heavy (non-hydrogen) atoms. The average molecular weight is 271 g/mol. The summed E-state index contributed by atoms with van der Waals surface area (Å²) in [6, 6.07) is 4.14. The van der Waals surface area contributed by atoms with E-state index in [1.54, 1.807) is 11.3 Å². The Morgan fingerprint density at radius 1 is 1.50 bits per heavy atom. The molecule has 0 saturated heterocycles. The Morgan fingerprint density at radius 2 is 2.29 bits per heavy atom. The second-order valence-electron chi connectivity index (χ2n) is 3.18. The molecule has 1 nitrogen and oxygen atoms in total. The van der Waals surface area contributed by atoms with Gasteiger partial charge in [-0.3, -0.25) is 0 Å². The first-order valence-corrected chi connectivity index (χ1v) is 6.55. The van der Waals surface area contributed by atoms with Crippen molar-refractivity contribution >= 4 is 37.4 Å². The molecule has 0 aliphatic heterocycles. The minimum atomic E-state index is 0.459. The number of benzene rings is 1. The van der Waals surface area contributed by atoms with Gasteiger partial charge in [-0.25, -0.2) is 0 Å². The van der Waals surface area contributed by atoms with Crippen molar-refractivity contribution in [1.29, 1.82) is 0 Å². The fraction of sp³-hybridized carbons (Fsp3) is 0.273. The van der Waals surface area contributed by atoms with Crippen LogP contribution in [0.15, 0.2) is 17.5 Å². The van der Waals surface area contributed by atoms with Gasteiger partial charge in [0.2, 0.25) is 0 Å². The van der Waals surface area contributed by atoms with Crippen LogP contribution in [0.3, 0.4) is 0 Å². The molecular weight excluding hydrogens is 260 g/mol. The van der Waals surface area contributed by atoms with Crippen LogP contribution in [0.4, 0.5) is 0 Å². The molecule has 1 heterocycles. The maximum atomic E-state index is 10.0. The Kier molecular flexibility index (Phi) is 2.79. The molecule has 2 aromatic rings. The third-order valence-electron chi connectivity index (χ3n) is 2.43. The van der Waals surface area contributed by atoms with E-state index in [1.807, 2.05) is 11.4 Å². The molecule has 1 aromatic carbocycles. The molecule has 2 rings (SSSR count). The number of hydrogen-bond donors (Lipinski definition) is 1. The fourth-order valence-electron chi connectivity index (χ4n) is 1.70. The summed E-state index contributed by atoms with van der Waals surface area (Å²) in [6.07, 6.45) is 0.874. The van der Waals surface area contributed by atoms with Gasteiger partial charge in [0.05, 0.1) is 0 Å². The summed E-state index contributed by atoms with van der Waals surface area (Å²) in [5.41, 5.74) is 2.26. The highest BCUT2D eigenvalue weighted by atomic mass is 79.9. The van der Waals surface area contributed by atoms with Crippen molar-refractivity contribution in [3.8, 4) is 5.75 Å². The van der Waals surface area contributed by atoms with E-state index >= 15 is 0 Å². The standard InChI is InChI=1S/C11H11BrOS/c1-2-8-7(6-12)5-10-9(11(8)13)3-4-14-10/h3-5,13H,2,6H2,1H3. The van der Waals surface area contributed by atoms with Crippen LogP contribution in [0.5, 0.6) is 5.75 Å². The monoisotopic (exact) mass is 270 g/mol. The van der Waals surface area contributed by atoms with E-state index in [1.165, 1.54) is 5.56 Å². The summed E-state index contributed by atoms with van der Waals surface area (Å²) in [5.74, 6) is 0.459. The maximum absolute atomic E-state index is 10.0. The van der Waals surface area contributed by atoms with E-state index in [4.69, 9.17) is 0 Å². The van der Waals surface area contributed by atoms with Crippen molar-refractivity contribution in [1.82, 2.24) is 0 Å². The minimum Gasteiger partial charge on any atom is -0.507 e. The van der Waals surface area contributed by atoms with Crippen molar-refractivity contribution in [2.45, 2.75) is 18.7 Å². The lowest BCUT2D eigenvalue weighted by molar-refractivity contribution is 0.475. The molecular formula is C11H11BrOS. The molecule has 0 radical (unpaired) electrons. The number of alkyl halides is 1. The van der Waals surface area contributed by atoms with E-state index in [0.717, 1.165) is 27.4 Å². The van der Waals surface area contributed by atoms with Crippen LogP contribution in [0.2, 0.25) is 0 Å². The third-order valence-corrected chi connectivity index (χ3v) is 3.89. The summed E-state index contributed by atoms with van der Waals surface area (Å²) >= 11 is 5.12. The third kappa shape index (κ3) is 1.44. The van der Waals surface area contributed by atoms with Crippen molar-refractivity contribution in [3.05, 3.63) is 28.6 Å². The zero-order chi connectivity index (χ0) is 10.1. The molecule has 0 saturated carbocycles. The highest BCUT2D eigenvalue weighted by Crippen LogP contribution is 2.35. The van der Waals surface area contributed by atoms with Gasteiger partial charge in [0, 0.05) is 15.4 Å². The van der Waals surface area contributed by atoms with Crippen molar-refractivity contribution in [2.24, 2.45) is 0 Å². The SMILES string of the molecule is CCc1c(CBr)cc2sccc2c1O. The van der Waals surface area contributed by atoms with Gasteiger partial charge in [-0.05, 0) is 35.1 Å². The summed E-state index contributed by atoms with van der Waals surface area (Å²) in [5, 5.41) is 13.8. The van der Waals surface area contributed by atoms with Crippen molar-refractivity contribution in [3.63, 3.8) is 0 Å². The first kappa shape index (κ1) is 9.99. The number of phenols is 1. The summed E-state index contributed by atoms with van der Waals surface area (Å²) in [6.45, 7) is 2.07. The number of rotatable bonds is 2. The van der Waals surface area contributed by atoms with Gasteiger partial charge in [-0.2, -0.15) is 0 Å². The molecule has 0 unspecified atom stereocenters. The van der Waals surface area contributed by atoms with Gasteiger partial charge in [0.25, 0.3) is 0 Å². The van der Waals surface area contributed by atoms with E-state index in [0.29, 0.717) is 5.75 Å². The fourth-order valence-corrected chi connectivity index (χ4v) is 3.06. The van der Waals surface area contributed by atoms with Gasteiger partial charge in [0.1, 0.15) is 5.75 Å². The topological polar surface area (TPSA) is 20.2 Å². The van der Waals surface area contributed by atoms with E-state index in [2.05, 4.69) is 28.9 Å². The van der Waals surface area contributed by atoms with Gasteiger partial charge in [-0.1, -0.05) is 22.9 Å². The molecule has 74 valence electrons. The van der Waals surface area contributed by atoms with Crippen LogP contribution >= 0.6 is 27.3 Å². The molecule has 0 atom stereocenters. The predicted octanol–water partition coefficient (Wildman–Crippen LogP) is 4.06. The summed E-state index contributed by atoms with van der Waals surface area (Å²) in [4.78, 5) is 0. The number of fused-ring (bicyclic) bond motifs is 1. The van der Waals surface area contributed by atoms with Gasteiger partial charge in [0.15, 0.2) is 0 Å². The van der Waals surface area contributed by atoms with Crippen LogP contribution < -0.4 is 0 Å². The van der Waals surface area contributed by atoms with Crippen molar-refractivity contribution in [2.75, 3.05) is 0 Å². The Balaban J connectivity index is 2.79. The first-order valence-electron chi connectivity index (χ1n) is 4.54. The molecule has 0 aliphatic carbocycles. The van der Waals surface area contributed by atoms with Crippen LogP contribution in [0.25, 0.3) is 10.1 Å². The number of hydrogen-bond acceptors (Lipinski definition) is 2. The number of thiophene rings is 1. The molecule has 0 aliphatic rings. The second kappa shape index (κ2) is 3.91. The van der Waals surface area contributed by atoms with Gasteiger partial charge < -0.3 is 5.11 Å². The highest BCUT2D eigenvalue weighted by Gasteiger charge is 2.10. The minimum absolute atomic E-state index is 0.459. The van der Waals surface area contributed by atoms with Gasteiger partial charge in [-0.15, -0.1) is 11.3 Å². The molecule has 0 fully saturated rings. The van der Waals surface area contributed by atoms with Gasteiger partial charge >= 0.3 is 0 Å². The highest BCUT2D eigenvalue weighted by molar-refractivity contribution is 9.08. The molecule has 1 aromatic heterocycles. The van der Waals surface area contributed by atoms with E-state index in [9.17, 15) is 5.11 Å². The lowest BCUT2D eigenvalue weighted by atomic mass is 10.0. The van der Waals surface area contributed by atoms with Crippen LogP contribution in [-0.4, -0.2) is 5.11 Å². The smallest absolute Gasteiger partial charge is 0.127 e. The van der Waals surface area contributed by atoms with E-state index < -0.39 is 0 Å². The van der Waals surface area contributed by atoms with Crippen LogP contribution in [0.1, 0.15) is 18.1 Å². The molecule has 0 spiro atoms.